The monoisotopic (exact) mass is 577 g/mol. The van der Waals surface area contributed by atoms with Crippen LogP contribution in [0.25, 0.3) is 43.7 Å². The number of aliphatic hydroxyl groups excluding tert-OH is 1. The number of aliphatic hydroxyl groups is 1. The molecule has 0 fully saturated rings. The topological polar surface area (TPSA) is 50.2 Å². The Morgan fingerprint density at radius 1 is 1.03 bits per heavy atom. The average molecular weight is 577 g/mol. The maximum Gasteiger partial charge on any atom is 0.155 e. The summed E-state index contributed by atoms with van der Waals surface area (Å²) in [6.07, 6.45) is 1.17. The number of nitrogens with zero attached hydrogens (tertiary/aromatic N) is 1. The second-order valence-electron chi connectivity index (χ2n) is 6.59. The molecule has 0 aliphatic heterocycles. The van der Waals surface area contributed by atoms with Crippen LogP contribution in [-0.4, -0.2) is 15.9 Å². The fraction of sp³-hybridized carbons (Fsp3) is 0.0833. The summed E-state index contributed by atoms with van der Waals surface area (Å²) < 4.78 is 0. The van der Waals surface area contributed by atoms with Gasteiger partial charge in [0.1, 0.15) is 0 Å². The van der Waals surface area contributed by atoms with Gasteiger partial charge in [0.05, 0.1) is 11.3 Å². The Kier molecular flexibility index (Phi) is 6.43. The van der Waals surface area contributed by atoms with Crippen LogP contribution in [0.4, 0.5) is 0 Å². The van der Waals surface area contributed by atoms with Gasteiger partial charge in [-0.15, -0.1) is 5.38 Å². The molecule has 147 valence electrons. The van der Waals surface area contributed by atoms with Crippen LogP contribution >= 0.6 is 11.3 Å². The van der Waals surface area contributed by atoms with Crippen molar-refractivity contribution in [2.75, 3.05) is 0 Å². The van der Waals surface area contributed by atoms with Crippen molar-refractivity contribution in [3.63, 3.8) is 0 Å². The summed E-state index contributed by atoms with van der Waals surface area (Å²) in [5, 5.41) is 11.7. The van der Waals surface area contributed by atoms with Crippen LogP contribution in [0.5, 0.6) is 0 Å². The summed E-state index contributed by atoms with van der Waals surface area (Å²) in [4.78, 5) is 16.0. The molecule has 1 aliphatic carbocycles. The van der Waals surface area contributed by atoms with Gasteiger partial charge in [-0.3, -0.25) is 4.79 Å². The average Bonchev–Trinajstić information content (AvgIpc) is 3.30. The number of carbonyl (C=O) groups is 1. The van der Waals surface area contributed by atoms with Gasteiger partial charge in [0.25, 0.3) is 0 Å². The Morgan fingerprint density at radius 3 is 2.31 bits per heavy atom. The first-order chi connectivity index (χ1) is 13.5. The SMILES string of the molecule is CC(=O)C=C(C)O.[Ir].[c-]1ccsc1-c1cc2c3c(cccc3n1)-c1ccccc1-2. The van der Waals surface area contributed by atoms with E-state index in [0.29, 0.717) is 0 Å². The van der Waals surface area contributed by atoms with Crippen LogP contribution in [0.2, 0.25) is 0 Å². The zero-order valence-electron chi connectivity index (χ0n) is 15.9. The number of fused-ring (bicyclic) bond motifs is 3. The van der Waals surface area contributed by atoms with Crippen LogP contribution in [0.1, 0.15) is 13.8 Å². The molecule has 0 atom stereocenters. The minimum atomic E-state index is -0.125. The van der Waals surface area contributed by atoms with Gasteiger partial charge >= 0.3 is 0 Å². The largest absolute Gasteiger partial charge is 0.512 e. The molecule has 5 rings (SSSR count). The van der Waals surface area contributed by atoms with E-state index in [2.05, 4.69) is 54.6 Å². The van der Waals surface area contributed by atoms with Gasteiger partial charge in [-0.1, -0.05) is 47.3 Å². The van der Waals surface area contributed by atoms with Crippen molar-refractivity contribution in [3.8, 4) is 32.8 Å². The van der Waals surface area contributed by atoms with E-state index < -0.39 is 0 Å². The standard InChI is InChI=1S/C19H10NS.C5H8O2.Ir/c1-2-6-13-12(5-1)14-7-3-8-16-19(14)15(13)11-17(20-16)18-9-4-10-21-18;1-4(6)3-5(2)7;/h1-8,10-11H;3,6H,1-2H3;/q-1;;. The molecular formula is C24H18IrNO2S-. The first kappa shape index (κ1) is 21.1. The molecule has 5 heteroatoms. The molecule has 2 heterocycles. The second-order valence-corrected chi connectivity index (χ2v) is 7.51. The Labute approximate surface area is 187 Å². The predicted octanol–water partition coefficient (Wildman–Crippen LogP) is 6.45. The van der Waals surface area contributed by atoms with Crippen LogP contribution in [0.15, 0.2) is 71.8 Å². The minimum absolute atomic E-state index is 0. The van der Waals surface area contributed by atoms with Crippen LogP contribution in [-0.2, 0) is 24.9 Å². The number of benzene rings is 2. The Bertz CT molecular complexity index is 1210. The molecular weight excluding hydrogens is 559 g/mol. The summed E-state index contributed by atoms with van der Waals surface area (Å²) in [5.41, 5.74) is 7.30. The zero-order chi connectivity index (χ0) is 19.7. The summed E-state index contributed by atoms with van der Waals surface area (Å²) in [7, 11) is 0. The molecule has 2 aromatic heterocycles. The number of aromatic nitrogens is 1. The first-order valence-corrected chi connectivity index (χ1v) is 9.79. The van der Waals surface area contributed by atoms with E-state index in [-0.39, 0.29) is 31.6 Å². The van der Waals surface area contributed by atoms with E-state index in [0.717, 1.165) is 16.1 Å². The molecule has 1 radical (unpaired) electrons. The van der Waals surface area contributed by atoms with E-state index in [1.54, 1.807) is 11.3 Å². The first-order valence-electron chi connectivity index (χ1n) is 8.91. The number of ketones is 1. The summed E-state index contributed by atoms with van der Waals surface area (Å²) in [6, 6.07) is 22.4. The zero-order valence-corrected chi connectivity index (χ0v) is 19.1. The molecule has 4 aromatic rings. The summed E-state index contributed by atoms with van der Waals surface area (Å²) in [6.45, 7) is 2.85. The molecule has 0 unspecified atom stereocenters. The Hall–Kier alpha value is -2.59. The smallest absolute Gasteiger partial charge is 0.155 e. The Morgan fingerprint density at radius 2 is 1.72 bits per heavy atom. The maximum atomic E-state index is 10.0. The normalized spacial score (nSPS) is 11.3. The number of rotatable bonds is 2. The molecule has 1 N–H and O–H groups in total. The van der Waals surface area contributed by atoms with Gasteiger partial charge in [0.15, 0.2) is 5.78 Å². The van der Waals surface area contributed by atoms with Crippen molar-refractivity contribution in [1.29, 1.82) is 0 Å². The molecule has 0 spiro atoms. The molecule has 0 saturated carbocycles. The molecule has 0 amide bonds. The molecule has 3 nitrogen and oxygen atoms in total. The third-order valence-corrected chi connectivity index (χ3v) is 5.29. The fourth-order valence-corrected chi connectivity index (χ4v) is 4.10. The molecule has 2 aromatic carbocycles. The van der Waals surface area contributed by atoms with E-state index in [1.165, 1.54) is 47.6 Å². The fourth-order valence-electron chi connectivity index (χ4n) is 3.47. The molecule has 0 bridgehead atoms. The minimum Gasteiger partial charge on any atom is -0.512 e. The summed E-state index contributed by atoms with van der Waals surface area (Å²) in [5.74, 6) is -0.0625. The number of carbonyl (C=O) groups excluding carboxylic acids is 1. The van der Waals surface area contributed by atoms with Crippen molar-refractivity contribution >= 4 is 28.0 Å². The van der Waals surface area contributed by atoms with Gasteiger partial charge in [0.2, 0.25) is 0 Å². The predicted molar refractivity (Wildman–Crippen MR) is 115 cm³/mol. The van der Waals surface area contributed by atoms with Crippen LogP contribution in [0, 0.1) is 6.07 Å². The number of thiophene rings is 1. The third-order valence-electron chi connectivity index (χ3n) is 4.45. The summed E-state index contributed by atoms with van der Waals surface area (Å²) >= 11 is 1.68. The van der Waals surface area contributed by atoms with Crippen LogP contribution < -0.4 is 0 Å². The van der Waals surface area contributed by atoms with Gasteiger partial charge < -0.3 is 10.1 Å². The van der Waals surface area contributed by atoms with Crippen molar-refractivity contribution in [3.05, 3.63) is 77.9 Å². The second kappa shape index (κ2) is 8.83. The van der Waals surface area contributed by atoms with Gasteiger partial charge in [-0.25, -0.2) is 11.3 Å². The number of hydrogen-bond acceptors (Lipinski definition) is 4. The van der Waals surface area contributed by atoms with Gasteiger partial charge in [-0.2, -0.15) is 12.1 Å². The van der Waals surface area contributed by atoms with Crippen molar-refractivity contribution < 1.29 is 30.0 Å². The quantitative estimate of drug-likeness (QED) is 0.149. The maximum absolute atomic E-state index is 10.0. The van der Waals surface area contributed by atoms with Crippen molar-refractivity contribution in [2.45, 2.75) is 13.8 Å². The Balaban J connectivity index is 0.000000263. The number of pyridine rings is 1. The molecule has 1 aliphatic rings. The number of hydrogen-bond donors (Lipinski definition) is 1. The van der Waals surface area contributed by atoms with E-state index in [4.69, 9.17) is 10.1 Å². The van der Waals surface area contributed by atoms with Crippen molar-refractivity contribution in [1.82, 2.24) is 4.98 Å². The van der Waals surface area contributed by atoms with Crippen LogP contribution in [0.3, 0.4) is 0 Å². The number of allylic oxidation sites excluding steroid dienone is 2. The van der Waals surface area contributed by atoms with Gasteiger partial charge in [0, 0.05) is 31.6 Å². The van der Waals surface area contributed by atoms with E-state index in [1.807, 2.05) is 11.4 Å². The van der Waals surface area contributed by atoms with E-state index >= 15 is 0 Å². The van der Waals surface area contributed by atoms with Crippen molar-refractivity contribution in [2.24, 2.45) is 0 Å². The molecule has 29 heavy (non-hydrogen) atoms. The van der Waals surface area contributed by atoms with Gasteiger partial charge in [-0.05, 0) is 47.9 Å². The third kappa shape index (κ3) is 4.22. The van der Waals surface area contributed by atoms with E-state index in [9.17, 15) is 4.79 Å². The molecule has 0 saturated heterocycles.